The Hall–Kier alpha value is -1.30. The van der Waals surface area contributed by atoms with Gasteiger partial charge in [0.05, 0.1) is 5.69 Å². The molecule has 0 saturated heterocycles. The van der Waals surface area contributed by atoms with Crippen molar-refractivity contribution in [1.29, 1.82) is 0 Å². The molecule has 2 N–H and O–H groups in total. The lowest BCUT2D eigenvalue weighted by atomic mass is 10.3. The monoisotopic (exact) mass is 171 g/mol. The van der Waals surface area contributed by atoms with Crippen molar-refractivity contribution in [1.82, 2.24) is 4.98 Å². The van der Waals surface area contributed by atoms with Gasteiger partial charge >= 0.3 is 0 Å². The molecule has 0 spiro atoms. The van der Waals surface area contributed by atoms with Gasteiger partial charge in [-0.3, -0.25) is 0 Å². The van der Waals surface area contributed by atoms with E-state index in [1.807, 2.05) is 0 Å². The first-order chi connectivity index (χ1) is 5.27. The summed E-state index contributed by atoms with van der Waals surface area (Å²) in [6, 6.07) is -1.01. The number of carbonyl (C=O) groups is 1. The lowest BCUT2D eigenvalue weighted by Gasteiger charge is -1.91. The Kier molecular flexibility index (Phi) is 2.27. The number of nitrogens with two attached hydrogens (primary N) is 1. The molecule has 0 aliphatic heterocycles. The first kappa shape index (κ1) is 7.80. The molecule has 0 bridgehead atoms. The van der Waals surface area contributed by atoms with Gasteiger partial charge in [0.15, 0.2) is 17.5 Å². The molecular weight excluding hydrogens is 166 g/mol. The Morgan fingerprint density at radius 1 is 1.82 bits per heavy atom. The number of carbonyl (C=O) groups excluding carboxylic acids is 1. The molecule has 0 saturated carbocycles. The molecule has 11 heavy (non-hydrogen) atoms. The number of aldehydes is 1. The van der Waals surface area contributed by atoms with E-state index in [1.165, 1.54) is 16.7 Å². The first-order valence-electron chi connectivity index (χ1n) is 2.76. The topological polar surface area (TPSA) is 85.4 Å². The Bertz CT molecular complexity index is 264. The van der Waals surface area contributed by atoms with Gasteiger partial charge in [0.25, 0.3) is 0 Å². The maximum atomic E-state index is 10.2. The van der Waals surface area contributed by atoms with E-state index >= 15 is 0 Å². The van der Waals surface area contributed by atoms with Gasteiger partial charge < -0.3 is 10.5 Å². The fourth-order valence-electron chi connectivity index (χ4n) is 0.585. The van der Waals surface area contributed by atoms with Crippen molar-refractivity contribution < 1.29 is 4.79 Å². The average Bonchev–Trinajstić information content (AvgIpc) is 2.39. The number of rotatable bonds is 3. The lowest BCUT2D eigenvalue weighted by molar-refractivity contribution is -0.109. The molecular formula is C5H5N3O2S. The molecule has 5 nitrogen and oxygen atoms in total. The quantitative estimate of drug-likeness (QED) is 0.536. The van der Waals surface area contributed by atoms with Gasteiger partial charge in [-0.05, 0) is 0 Å². The van der Waals surface area contributed by atoms with Crippen LogP contribution in [0.1, 0.15) is 11.7 Å². The fourth-order valence-corrected chi connectivity index (χ4v) is 1.18. The Morgan fingerprint density at radius 3 is 2.91 bits per heavy atom. The number of nitrogens with zero attached hydrogens (tertiary/aromatic N) is 2. The minimum Gasteiger partial charge on any atom is -0.375 e. The molecule has 1 aromatic rings. The van der Waals surface area contributed by atoms with Crippen molar-refractivity contribution in [3.8, 4) is 0 Å². The smallest absolute Gasteiger partial charge is 0.189 e. The molecule has 1 rings (SSSR count). The summed E-state index contributed by atoms with van der Waals surface area (Å²) >= 11 is 1.17. The average molecular weight is 171 g/mol. The minimum atomic E-state index is -1.01. The molecule has 0 fully saturated rings. The van der Waals surface area contributed by atoms with Crippen molar-refractivity contribution in [3.63, 3.8) is 0 Å². The third kappa shape index (κ3) is 1.58. The molecule has 1 heterocycles. The molecule has 58 valence electrons. The molecule has 0 aromatic carbocycles. The van der Waals surface area contributed by atoms with Gasteiger partial charge in [-0.15, -0.1) is 16.2 Å². The second-order valence-electron chi connectivity index (χ2n) is 1.80. The highest BCUT2D eigenvalue weighted by atomic mass is 32.1. The van der Waals surface area contributed by atoms with Crippen LogP contribution in [0.15, 0.2) is 10.6 Å². The van der Waals surface area contributed by atoms with E-state index in [9.17, 15) is 9.70 Å². The lowest BCUT2D eigenvalue weighted by Crippen LogP contribution is -1.96. The van der Waals surface area contributed by atoms with Gasteiger partial charge in [0.1, 0.15) is 0 Å². The summed E-state index contributed by atoms with van der Waals surface area (Å²) in [6.45, 7) is 0. The fraction of sp³-hybridized carbons (Fsp3) is 0.200. The van der Waals surface area contributed by atoms with Crippen LogP contribution in [0.4, 0.5) is 5.13 Å². The summed E-state index contributed by atoms with van der Waals surface area (Å²) in [5.41, 5.74) is 5.59. The van der Waals surface area contributed by atoms with Crippen LogP contribution >= 0.6 is 11.3 Å². The van der Waals surface area contributed by atoms with Crippen molar-refractivity contribution in [2.24, 2.45) is 5.18 Å². The van der Waals surface area contributed by atoms with Crippen LogP contribution in [0.2, 0.25) is 0 Å². The summed E-state index contributed by atoms with van der Waals surface area (Å²) < 4.78 is 0. The van der Waals surface area contributed by atoms with Gasteiger partial charge in [-0.2, -0.15) is 0 Å². The first-order valence-corrected chi connectivity index (χ1v) is 3.64. The van der Waals surface area contributed by atoms with E-state index < -0.39 is 6.04 Å². The number of nitrogen functional groups attached to an aromatic ring is 1. The largest absolute Gasteiger partial charge is 0.375 e. The predicted molar refractivity (Wildman–Crippen MR) is 41.1 cm³/mol. The number of hydrogen-bond donors (Lipinski definition) is 1. The van der Waals surface area contributed by atoms with Crippen molar-refractivity contribution in [2.45, 2.75) is 6.04 Å². The molecule has 0 amide bonds. The second kappa shape index (κ2) is 3.20. The molecule has 0 radical (unpaired) electrons. The maximum absolute atomic E-state index is 10.2. The zero-order valence-electron chi connectivity index (χ0n) is 5.43. The minimum absolute atomic E-state index is 0.317. The van der Waals surface area contributed by atoms with Gasteiger partial charge in [-0.1, -0.05) is 5.18 Å². The van der Waals surface area contributed by atoms with E-state index in [0.717, 1.165) is 0 Å². The van der Waals surface area contributed by atoms with Gasteiger partial charge in [0, 0.05) is 5.38 Å². The Labute approximate surface area is 66.2 Å². The van der Waals surface area contributed by atoms with Crippen LogP contribution in [-0.4, -0.2) is 11.3 Å². The third-order valence-corrected chi connectivity index (χ3v) is 1.78. The summed E-state index contributed by atoms with van der Waals surface area (Å²) in [5.74, 6) is 0. The van der Waals surface area contributed by atoms with E-state index in [2.05, 4.69) is 10.2 Å². The standard InChI is InChI=1S/C5H5N3O2S/c6-5-7-4(2-11-5)3(1-9)8-10/h1-3H,(H2,6,7). The summed E-state index contributed by atoms with van der Waals surface area (Å²) in [7, 11) is 0. The van der Waals surface area contributed by atoms with Crippen LogP contribution in [0, 0.1) is 4.91 Å². The van der Waals surface area contributed by atoms with Crippen LogP contribution in [0.5, 0.6) is 0 Å². The third-order valence-electron chi connectivity index (χ3n) is 1.09. The number of nitroso groups, excluding NO2 is 1. The molecule has 0 aliphatic carbocycles. The van der Waals surface area contributed by atoms with E-state index in [-0.39, 0.29) is 0 Å². The van der Waals surface area contributed by atoms with Crippen molar-refractivity contribution in [2.75, 3.05) is 5.73 Å². The van der Waals surface area contributed by atoms with Crippen molar-refractivity contribution in [3.05, 3.63) is 16.0 Å². The highest BCUT2D eigenvalue weighted by Gasteiger charge is 2.12. The number of hydrogen-bond acceptors (Lipinski definition) is 6. The predicted octanol–water partition coefficient (Wildman–Crippen LogP) is 0.732. The molecule has 0 aliphatic rings. The van der Waals surface area contributed by atoms with Crippen LogP contribution < -0.4 is 5.73 Å². The second-order valence-corrected chi connectivity index (χ2v) is 2.69. The van der Waals surface area contributed by atoms with Crippen LogP contribution in [-0.2, 0) is 4.79 Å². The number of thiazole rings is 1. The van der Waals surface area contributed by atoms with E-state index in [0.29, 0.717) is 17.1 Å². The van der Waals surface area contributed by atoms with Crippen molar-refractivity contribution >= 4 is 22.8 Å². The van der Waals surface area contributed by atoms with Crippen LogP contribution in [0.25, 0.3) is 0 Å². The van der Waals surface area contributed by atoms with Gasteiger partial charge in [0.2, 0.25) is 0 Å². The summed E-state index contributed by atoms with van der Waals surface area (Å²) in [6.07, 6.45) is 0.432. The normalized spacial score (nSPS) is 12.4. The zero-order chi connectivity index (χ0) is 8.27. The van der Waals surface area contributed by atoms with Gasteiger partial charge in [-0.25, -0.2) is 4.98 Å². The number of anilines is 1. The Morgan fingerprint density at radius 2 is 2.55 bits per heavy atom. The Balaban J connectivity index is 2.89. The van der Waals surface area contributed by atoms with E-state index in [4.69, 9.17) is 5.73 Å². The highest BCUT2D eigenvalue weighted by Crippen LogP contribution is 2.18. The van der Waals surface area contributed by atoms with E-state index in [1.54, 1.807) is 0 Å². The highest BCUT2D eigenvalue weighted by molar-refractivity contribution is 7.13. The number of aromatic nitrogens is 1. The van der Waals surface area contributed by atoms with Crippen LogP contribution in [0.3, 0.4) is 0 Å². The molecule has 1 atom stereocenters. The molecule has 1 aromatic heterocycles. The molecule has 1 unspecified atom stereocenters. The zero-order valence-corrected chi connectivity index (χ0v) is 6.25. The summed E-state index contributed by atoms with van der Waals surface area (Å²) in [4.78, 5) is 23.9. The molecule has 6 heteroatoms. The summed E-state index contributed by atoms with van der Waals surface area (Å²) in [5, 5.41) is 4.43. The SMILES string of the molecule is Nc1nc(C(C=O)N=O)cs1. The maximum Gasteiger partial charge on any atom is 0.189 e.